The molecule has 2 N–H and O–H groups in total. The van der Waals surface area contributed by atoms with Crippen molar-refractivity contribution >= 4 is 23.1 Å². The predicted molar refractivity (Wildman–Crippen MR) is 114 cm³/mol. The van der Waals surface area contributed by atoms with E-state index >= 15 is 0 Å². The maximum absolute atomic E-state index is 12.4. The average molecular weight is 382 g/mol. The number of carbonyl (C=O) groups is 1. The highest BCUT2D eigenvalue weighted by molar-refractivity contribution is 5.91. The zero-order valence-electron chi connectivity index (χ0n) is 17.3. The Kier molecular flexibility index (Phi) is 6.68. The molecule has 5 nitrogen and oxygen atoms in total. The standard InChI is InChI=1S/C23H31N3O2/c1-15(2)19-6-5-7-20(16(3)4)22(19)25-18-8-9-21(24-14-18)26-23(27)17-10-12-28-13-11-17/h5-9,14-17,25H,10-13H2,1-4H3,(H,24,26,27). The first kappa shape index (κ1) is 20.3. The molecule has 2 heterocycles. The SMILES string of the molecule is CC(C)c1cccc(C(C)C)c1Nc1ccc(NC(=O)C2CCOCC2)nc1. The van der Waals surface area contributed by atoms with E-state index in [1.807, 2.05) is 12.1 Å². The molecule has 1 fully saturated rings. The van der Waals surface area contributed by atoms with Crippen LogP contribution in [0.3, 0.4) is 0 Å². The largest absolute Gasteiger partial charge is 0.381 e. The van der Waals surface area contributed by atoms with Crippen LogP contribution < -0.4 is 10.6 Å². The van der Waals surface area contributed by atoms with Gasteiger partial charge in [0.2, 0.25) is 5.91 Å². The summed E-state index contributed by atoms with van der Waals surface area (Å²) in [6, 6.07) is 10.3. The zero-order chi connectivity index (χ0) is 20.1. The van der Waals surface area contributed by atoms with Crippen LogP contribution in [0.15, 0.2) is 36.5 Å². The van der Waals surface area contributed by atoms with Gasteiger partial charge in [-0.05, 0) is 47.9 Å². The fraction of sp³-hybridized carbons (Fsp3) is 0.478. The van der Waals surface area contributed by atoms with E-state index in [0.29, 0.717) is 30.9 Å². The predicted octanol–water partition coefficient (Wildman–Crippen LogP) is 5.44. The smallest absolute Gasteiger partial charge is 0.228 e. The van der Waals surface area contributed by atoms with Crippen molar-refractivity contribution in [2.45, 2.75) is 52.4 Å². The van der Waals surface area contributed by atoms with Gasteiger partial charge in [0, 0.05) is 24.8 Å². The normalized spacial score (nSPS) is 15.1. The molecule has 0 unspecified atom stereocenters. The van der Waals surface area contributed by atoms with Gasteiger partial charge in [-0.1, -0.05) is 45.9 Å². The molecule has 0 aliphatic carbocycles. The van der Waals surface area contributed by atoms with E-state index in [2.05, 4.69) is 61.5 Å². The van der Waals surface area contributed by atoms with Crippen LogP contribution in [0.5, 0.6) is 0 Å². The van der Waals surface area contributed by atoms with E-state index in [9.17, 15) is 4.79 Å². The van der Waals surface area contributed by atoms with Crippen LogP contribution in [-0.4, -0.2) is 24.1 Å². The minimum absolute atomic E-state index is 0.0138. The first-order valence-electron chi connectivity index (χ1n) is 10.2. The van der Waals surface area contributed by atoms with Crippen LogP contribution in [-0.2, 0) is 9.53 Å². The molecular weight excluding hydrogens is 350 g/mol. The number of para-hydroxylation sites is 1. The molecular formula is C23H31N3O2. The quantitative estimate of drug-likeness (QED) is 0.700. The highest BCUT2D eigenvalue weighted by Gasteiger charge is 2.22. The number of pyridine rings is 1. The van der Waals surface area contributed by atoms with Crippen molar-refractivity contribution in [2.75, 3.05) is 23.8 Å². The summed E-state index contributed by atoms with van der Waals surface area (Å²) < 4.78 is 5.32. The monoisotopic (exact) mass is 381 g/mol. The van der Waals surface area contributed by atoms with E-state index in [-0.39, 0.29) is 11.8 Å². The van der Waals surface area contributed by atoms with Crippen LogP contribution in [0.25, 0.3) is 0 Å². The summed E-state index contributed by atoms with van der Waals surface area (Å²) in [7, 11) is 0. The number of amides is 1. The van der Waals surface area contributed by atoms with Gasteiger partial charge < -0.3 is 15.4 Å². The van der Waals surface area contributed by atoms with Crippen molar-refractivity contribution < 1.29 is 9.53 Å². The third-order valence-electron chi connectivity index (χ3n) is 5.25. The lowest BCUT2D eigenvalue weighted by molar-refractivity contribution is -0.122. The highest BCUT2D eigenvalue weighted by Crippen LogP contribution is 2.34. The van der Waals surface area contributed by atoms with Gasteiger partial charge in [0.05, 0.1) is 11.9 Å². The second kappa shape index (κ2) is 9.20. The number of nitrogens with zero attached hydrogens (tertiary/aromatic N) is 1. The summed E-state index contributed by atoms with van der Waals surface area (Å²) in [6.07, 6.45) is 3.33. The van der Waals surface area contributed by atoms with Gasteiger partial charge in [0.1, 0.15) is 5.82 Å². The number of ether oxygens (including phenoxy) is 1. The van der Waals surface area contributed by atoms with Gasteiger partial charge in [-0.25, -0.2) is 4.98 Å². The molecule has 0 atom stereocenters. The number of hydrogen-bond donors (Lipinski definition) is 2. The number of rotatable bonds is 6. The number of hydrogen-bond acceptors (Lipinski definition) is 4. The second-order valence-corrected chi connectivity index (χ2v) is 8.05. The Balaban J connectivity index is 1.73. The van der Waals surface area contributed by atoms with Gasteiger partial charge >= 0.3 is 0 Å². The Labute approximate surface area is 167 Å². The first-order valence-corrected chi connectivity index (χ1v) is 10.2. The number of nitrogens with one attached hydrogen (secondary N) is 2. The lowest BCUT2D eigenvalue weighted by atomic mass is 9.92. The van der Waals surface area contributed by atoms with Crippen molar-refractivity contribution in [1.29, 1.82) is 0 Å². The summed E-state index contributed by atoms with van der Waals surface area (Å²) in [6.45, 7) is 10.1. The summed E-state index contributed by atoms with van der Waals surface area (Å²) >= 11 is 0. The first-order chi connectivity index (χ1) is 13.5. The Morgan fingerprint density at radius 1 is 1.04 bits per heavy atom. The Morgan fingerprint density at radius 2 is 1.68 bits per heavy atom. The van der Waals surface area contributed by atoms with Crippen LogP contribution in [0.4, 0.5) is 17.2 Å². The van der Waals surface area contributed by atoms with Crippen molar-refractivity contribution in [3.63, 3.8) is 0 Å². The summed E-state index contributed by atoms with van der Waals surface area (Å²) in [4.78, 5) is 16.8. The summed E-state index contributed by atoms with van der Waals surface area (Å²) in [5, 5.41) is 6.48. The molecule has 2 aromatic rings. The molecule has 0 spiro atoms. The van der Waals surface area contributed by atoms with Crippen LogP contribution in [0.2, 0.25) is 0 Å². The lowest BCUT2D eigenvalue weighted by Gasteiger charge is -2.21. The minimum Gasteiger partial charge on any atom is -0.381 e. The molecule has 1 saturated heterocycles. The molecule has 3 rings (SSSR count). The van der Waals surface area contributed by atoms with Crippen LogP contribution in [0, 0.1) is 5.92 Å². The molecule has 0 radical (unpaired) electrons. The van der Waals surface area contributed by atoms with E-state index in [1.54, 1.807) is 6.20 Å². The van der Waals surface area contributed by atoms with Gasteiger partial charge in [0.15, 0.2) is 0 Å². The fourth-order valence-electron chi connectivity index (χ4n) is 3.57. The number of aromatic nitrogens is 1. The Morgan fingerprint density at radius 3 is 2.21 bits per heavy atom. The number of benzene rings is 1. The van der Waals surface area contributed by atoms with E-state index in [0.717, 1.165) is 24.2 Å². The minimum atomic E-state index is 0.0138. The average Bonchev–Trinajstić information content (AvgIpc) is 2.70. The van der Waals surface area contributed by atoms with Gasteiger partial charge in [0.25, 0.3) is 0 Å². The molecule has 5 heteroatoms. The highest BCUT2D eigenvalue weighted by atomic mass is 16.5. The van der Waals surface area contributed by atoms with Crippen LogP contribution >= 0.6 is 0 Å². The Bertz CT molecular complexity index is 768. The maximum Gasteiger partial charge on any atom is 0.228 e. The molecule has 150 valence electrons. The summed E-state index contributed by atoms with van der Waals surface area (Å²) in [5.74, 6) is 1.48. The molecule has 1 aromatic carbocycles. The number of anilines is 3. The zero-order valence-corrected chi connectivity index (χ0v) is 17.3. The lowest BCUT2D eigenvalue weighted by Crippen LogP contribution is -2.28. The van der Waals surface area contributed by atoms with Gasteiger partial charge in [-0.2, -0.15) is 0 Å². The molecule has 28 heavy (non-hydrogen) atoms. The molecule has 1 amide bonds. The summed E-state index contributed by atoms with van der Waals surface area (Å²) in [5.41, 5.74) is 4.67. The van der Waals surface area contributed by atoms with Gasteiger partial charge in [-0.3, -0.25) is 4.79 Å². The molecule has 1 aliphatic rings. The van der Waals surface area contributed by atoms with Crippen molar-refractivity contribution in [1.82, 2.24) is 4.98 Å². The second-order valence-electron chi connectivity index (χ2n) is 8.05. The van der Waals surface area contributed by atoms with Crippen molar-refractivity contribution in [3.05, 3.63) is 47.7 Å². The van der Waals surface area contributed by atoms with E-state index in [1.165, 1.54) is 11.1 Å². The van der Waals surface area contributed by atoms with Gasteiger partial charge in [-0.15, -0.1) is 0 Å². The van der Waals surface area contributed by atoms with Crippen LogP contribution in [0.1, 0.15) is 63.5 Å². The Hall–Kier alpha value is -2.40. The molecule has 0 bridgehead atoms. The van der Waals surface area contributed by atoms with Crippen molar-refractivity contribution in [2.24, 2.45) is 5.92 Å². The third-order valence-corrected chi connectivity index (χ3v) is 5.25. The van der Waals surface area contributed by atoms with Crippen molar-refractivity contribution in [3.8, 4) is 0 Å². The third kappa shape index (κ3) is 4.90. The maximum atomic E-state index is 12.4. The molecule has 1 aliphatic heterocycles. The molecule has 1 aromatic heterocycles. The fourth-order valence-corrected chi connectivity index (χ4v) is 3.57. The van der Waals surface area contributed by atoms with E-state index < -0.39 is 0 Å². The topological polar surface area (TPSA) is 63.2 Å². The van der Waals surface area contributed by atoms with E-state index in [4.69, 9.17) is 4.74 Å². The number of carbonyl (C=O) groups excluding carboxylic acids is 1. The molecule has 0 saturated carbocycles.